The second-order valence-electron chi connectivity index (χ2n) is 3.12. The smallest absolute Gasteiger partial charge is 0.228 e. The van der Waals surface area contributed by atoms with Crippen LogP contribution < -0.4 is 5.32 Å². The molecule has 3 heteroatoms. The fourth-order valence-corrected chi connectivity index (χ4v) is 1.02. The molecule has 0 saturated carbocycles. The van der Waals surface area contributed by atoms with Crippen LogP contribution in [0.25, 0.3) is 0 Å². The molecule has 0 saturated heterocycles. The van der Waals surface area contributed by atoms with Crippen molar-refractivity contribution < 1.29 is 4.79 Å². The van der Waals surface area contributed by atoms with Gasteiger partial charge in [0.05, 0.1) is 6.07 Å². The SMILES string of the molecule is C[C@@H](CC#N)C(=O)Nc1ccccc1. The van der Waals surface area contributed by atoms with Crippen molar-refractivity contribution >= 4 is 11.6 Å². The van der Waals surface area contributed by atoms with Gasteiger partial charge in [-0.2, -0.15) is 5.26 Å². The molecule has 0 radical (unpaired) electrons. The number of hydrogen-bond donors (Lipinski definition) is 1. The van der Waals surface area contributed by atoms with Crippen LogP contribution in [0.2, 0.25) is 0 Å². The molecule has 72 valence electrons. The van der Waals surface area contributed by atoms with Gasteiger partial charge >= 0.3 is 0 Å². The summed E-state index contributed by atoms with van der Waals surface area (Å²) in [6.45, 7) is 1.74. The van der Waals surface area contributed by atoms with Gasteiger partial charge in [0.15, 0.2) is 0 Å². The van der Waals surface area contributed by atoms with Gasteiger partial charge in [0.2, 0.25) is 5.91 Å². The quantitative estimate of drug-likeness (QED) is 0.790. The number of benzene rings is 1. The lowest BCUT2D eigenvalue weighted by atomic mass is 10.1. The lowest BCUT2D eigenvalue weighted by Gasteiger charge is -2.08. The highest BCUT2D eigenvalue weighted by atomic mass is 16.1. The van der Waals surface area contributed by atoms with Crippen molar-refractivity contribution in [3.8, 4) is 6.07 Å². The fourth-order valence-electron chi connectivity index (χ4n) is 1.02. The fraction of sp³-hybridized carbons (Fsp3) is 0.273. The highest BCUT2D eigenvalue weighted by Crippen LogP contribution is 2.09. The van der Waals surface area contributed by atoms with Gasteiger partial charge in [-0.1, -0.05) is 25.1 Å². The number of carbonyl (C=O) groups excluding carboxylic acids is 1. The molecule has 0 heterocycles. The predicted octanol–water partition coefficient (Wildman–Crippen LogP) is 2.17. The van der Waals surface area contributed by atoms with Crippen LogP contribution >= 0.6 is 0 Å². The van der Waals surface area contributed by atoms with Crippen molar-refractivity contribution in [2.75, 3.05) is 5.32 Å². The van der Waals surface area contributed by atoms with Gasteiger partial charge in [-0.05, 0) is 12.1 Å². The third kappa shape index (κ3) is 2.91. The molecule has 1 aromatic rings. The summed E-state index contributed by atoms with van der Waals surface area (Å²) in [6.07, 6.45) is 0.249. The van der Waals surface area contributed by atoms with Crippen molar-refractivity contribution in [3.63, 3.8) is 0 Å². The molecule has 0 aliphatic heterocycles. The summed E-state index contributed by atoms with van der Waals surface area (Å²) in [5, 5.41) is 11.2. The van der Waals surface area contributed by atoms with E-state index in [4.69, 9.17) is 5.26 Å². The lowest BCUT2D eigenvalue weighted by Crippen LogP contribution is -2.19. The average molecular weight is 188 g/mol. The van der Waals surface area contributed by atoms with Gasteiger partial charge in [-0.3, -0.25) is 4.79 Å². The van der Waals surface area contributed by atoms with Crippen LogP contribution in [-0.4, -0.2) is 5.91 Å². The molecule has 0 aliphatic carbocycles. The molecule has 3 nitrogen and oxygen atoms in total. The minimum absolute atomic E-state index is 0.113. The van der Waals surface area contributed by atoms with Crippen LogP contribution in [0, 0.1) is 17.2 Å². The maximum atomic E-state index is 11.4. The second-order valence-corrected chi connectivity index (χ2v) is 3.12. The number of carbonyl (C=O) groups is 1. The Morgan fingerprint density at radius 3 is 2.71 bits per heavy atom. The van der Waals surface area contributed by atoms with Gasteiger partial charge in [-0.15, -0.1) is 0 Å². The van der Waals surface area contributed by atoms with Crippen LogP contribution in [-0.2, 0) is 4.79 Å². The number of nitrogens with one attached hydrogen (secondary N) is 1. The summed E-state index contributed by atoms with van der Waals surface area (Å²) in [4.78, 5) is 11.4. The van der Waals surface area contributed by atoms with Gasteiger partial charge in [0.1, 0.15) is 0 Å². The number of amides is 1. The normalized spacial score (nSPS) is 11.4. The van der Waals surface area contributed by atoms with Gasteiger partial charge in [0, 0.05) is 18.0 Å². The molecule has 1 amide bonds. The molecule has 0 aromatic heterocycles. The highest BCUT2D eigenvalue weighted by molar-refractivity contribution is 5.92. The first-order chi connectivity index (χ1) is 6.74. The Kier molecular flexibility index (Phi) is 3.69. The number of anilines is 1. The Morgan fingerprint density at radius 2 is 2.14 bits per heavy atom. The Labute approximate surface area is 83.4 Å². The molecule has 0 aliphatic rings. The van der Waals surface area contributed by atoms with E-state index in [1.54, 1.807) is 6.92 Å². The average Bonchev–Trinajstić information content (AvgIpc) is 2.19. The molecule has 1 N–H and O–H groups in total. The van der Waals surface area contributed by atoms with Crippen molar-refractivity contribution in [3.05, 3.63) is 30.3 Å². The topological polar surface area (TPSA) is 52.9 Å². The summed E-state index contributed by atoms with van der Waals surface area (Å²) < 4.78 is 0. The summed E-state index contributed by atoms with van der Waals surface area (Å²) in [5.74, 6) is -0.377. The third-order valence-electron chi connectivity index (χ3n) is 1.89. The number of rotatable bonds is 3. The number of nitriles is 1. The Balaban J connectivity index is 2.54. The predicted molar refractivity (Wildman–Crippen MR) is 54.5 cm³/mol. The Bertz CT molecular complexity index is 340. The maximum Gasteiger partial charge on any atom is 0.228 e. The molecule has 1 atom stereocenters. The first-order valence-electron chi connectivity index (χ1n) is 4.47. The largest absolute Gasteiger partial charge is 0.326 e. The molecular formula is C11H12N2O. The van der Waals surface area contributed by atoms with Crippen LogP contribution in [0.15, 0.2) is 30.3 Å². The molecule has 0 unspecified atom stereocenters. The van der Waals surface area contributed by atoms with Crippen LogP contribution in [0.1, 0.15) is 13.3 Å². The van der Waals surface area contributed by atoms with Crippen molar-refractivity contribution in [1.29, 1.82) is 5.26 Å². The Hall–Kier alpha value is -1.82. The minimum atomic E-state index is -0.264. The molecule has 0 fully saturated rings. The van der Waals surface area contributed by atoms with Crippen LogP contribution in [0.3, 0.4) is 0 Å². The van der Waals surface area contributed by atoms with E-state index in [9.17, 15) is 4.79 Å². The van der Waals surface area contributed by atoms with Gasteiger partial charge < -0.3 is 5.32 Å². The second kappa shape index (κ2) is 5.03. The van der Waals surface area contributed by atoms with Crippen molar-refractivity contribution in [1.82, 2.24) is 0 Å². The zero-order valence-electron chi connectivity index (χ0n) is 8.03. The van der Waals surface area contributed by atoms with Crippen molar-refractivity contribution in [2.45, 2.75) is 13.3 Å². The highest BCUT2D eigenvalue weighted by Gasteiger charge is 2.11. The molecular weight excluding hydrogens is 176 g/mol. The minimum Gasteiger partial charge on any atom is -0.326 e. The van der Waals surface area contributed by atoms with Crippen molar-refractivity contribution in [2.24, 2.45) is 5.92 Å². The van der Waals surface area contributed by atoms with Gasteiger partial charge in [-0.25, -0.2) is 0 Å². The summed E-state index contributed by atoms with van der Waals surface area (Å²) in [6, 6.07) is 11.2. The summed E-state index contributed by atoms with van der Waals surface area (Å²) >= 11 is 0. The monoisotopic (exact) mass is 188 g/mol. The van der Waals surface area contributed by atoms with E-state index >= 15 is 0 Å². The first-order valence-corrected chi connectivity index (χ1v) is 4.47. The maximum absolute atomic E-state index is 11.4. The molecule has 14 heavy (non-hydrogen) atoms. The summed E-state index contributed by atoms with van der Waals surface area (Å²) in [7, 11) is 0. The van der Waals surface area contributed by atoms with E-state index in [0.717, 1.165) is 5.69 Å². The number of nitrogens with zero attached hydrogens (tertiary/aromatic N) is 1. The molecule has 0 spiro atoms. The van der Waals surface area contributed by atoms with E-state index in [-0.39, 0.29) is 18.2 Å². The lowest BCUT2D eigenvalue weighted by molar-refractivity contribution is -0.119. The van der Waals surface area contributed by atoms with Gasteiger partial charge in [0.25, 0.3) is 0 Å². The number of para-hydroxylation sites is 1. The van der Waals surface area contributed by atoms with Crippen LogP contribution in [0.4, 0.5) is 5.69 Å². The molecule has 1 rings (SSSR count). The van der Waals surface area contributed by atoms with E-state index in [1.807, 2.05) is 36.4 Å². The van der Waals surface area contributed by atoms with E-state index in [1.165, 1.54) is 0 Å². The standard InChI is InChI=1S/C11H12N2O/c1-9(7-8-12)11(14)13-10-5-3-2-4-6-10/h2-6,9H,7H2,1H3,(H,13,14)/t9-/m0/s1. The van der Waals surface area contributed by atoms with Crippen LogP contribution in [0.5, 0.6) is 0 Å². The van der Waals surface area contributed by atoms with E-state index in [0.29, 0.717) is 0 Å². The Morgan fingerprint density at radius 1 is 1.50 bits per heavy atom. The molecule has 0 bridgehead atoms. The number of hydrogen-bond acceptors (Lipinski definition) is 2. The summed E-state index contributed by atoms with van der Waals surface area (Å²) in [5.41, 5.74) is 0.766. The zero-order valence-corrected chi connectivity index (χ0v) is 8.03. The first kappa shape index (κ1) is 10.3. The third-order valence-corrected chi connectivity index (χ3v) is 1.89. The molecule has 1 aromatic carbocycles. The van der Waals surface area contributed by atoms with E-state index < -0.39 is 0 Å². The van der Waals surface area contributed by atoms with E-state index in [2.05, 4.69) is 5.32 Å². The zero-order chi connectivity index (χ0) is 10.4.